The van der Waals surface area contributed by atoms with Crippen molar-refractivity contribution >= 4 is 11.8 Å². The summed E-state index contributed by atoms with van der Waals surface area (Å²) in [4.78, 5) is 36.8. The van der Waals surface area contributed by atoms with Crippen LogP contribution in [0.25, 0.3) is 0 Å². The molecule has 0 atom stereocenters. The Labute approximate surface area is 215 Å². The smallest absolute Gasteiger partial charge is 0.250 e. The molecule has 2 amide bonds. The first-order valence-corrected chi connectivity index (χ1v) is 13.5. The van der Waals surface area contributed by atoms with Crippen molar-refractivity contribution in [3.8, 4) is 0 Å². The lowest BCUT2D eigenvalue weighted by Gasteiger charge is -2.30. The van der Waals surface area contributed by atoms with Gasteiger partial charge in [0.1, 0.15) is 6.61 Å². The number of nitrogens with zero attached hydrogens (tertiary/aromatic N) is 3. The van der Waals surface area contributed by atoms with Gasteiger partial charge in [-0.2, -0.15) is 0 Å². The Morgan fingerprint density at radius 2 is 1.23 bits per heavy atom. The predicted octanol–water partition coefficient (Wildman–Crippen LogP) is 5.78. The van der Waals surface area contributed by atoms with E-state index in [1.807, 2.05) is 85.1 Å². The van der Waals surface area contributed by atoms with Gasteiger partial charge in [-0.1, -0.05) is 47.6 Å². The van der Waals surface area contributed by atoms with Gasteiger partial charge in [0.2, 0.25) is 11.8 Å². The first-order chi connectivity index (χ1) is 16.6. The summed E-state index contributed by atoms with van der Waals surface area (Å²) in [5.74, 6) is 0.436. The van der Waals surface area contributed by atoms with Crippen molar-refractivity contribution < 1.29 is 14.3 Å². The van der Waals surface area contributed by atoms with Gasteiger partial charge in [0.25, 0.3) is 5.56 Å². The Bertz CT molecular complexity index is 699. The number of carbonyl (C=O) groups is 2. The molecule has 0 saturated carbocycles. The van der Waals surface area contributed by atoms with Gasteiger partial charge in [0.05, 0.1) is 6.61 Å². The molecule has 0 unspecified atom stereocenters. The van der Waals surface area contributed by atoms with Crippen molar-refractivity contribution in [3.05, 3.63) is 34.7 Å². The maximum Gasteiger partial charge on any atom is 0.250 e. The Morgan fingerprint density at radius 3 is 1.51 bits per heavy atom. The first-order valence-electron chi connectivity index (χ1n) is 13.5. The van der Waals surface area contributed by atoms with Gasteiger partial charge in [-0.25, -0.2) is 0 Å². The molecule has 2 aliphatic rings. The average molecular weight is 498 g/mol. The van der Waals surface area contributed by atoms with Gasteiger partial charge in [0.15, 0.2) is 0 Å². The highest BCUT2D eigenvalue weighted by atomic mass is 16.5. The normalized spacial score (nSPS) is 14.4. The molecule has 35 heavy (non-hydrogen) atoms. The monoisotopic (exact) mass is 497 g/mol. The number of amides is 2. The van der Waals surface area contributed by atoms with E-state index in [1.54, 1.807) is 22.9 Å². The van der Waals surface area contributed by atoms with Crippen LogP contribution in [-0.4, -0.2) is 64.6 Å². The Balaban J connectivity index is -0.000000396. The molecule has 0 N–H and O–H groups in total. The molecule has 206 valence electrons. The summed E-state index contributed by atoms with van der Waals surface area (Å²) in [5.41, 5.74) is 0.0671. The zero-order chi connectivity index (χ0) is 28.0. The zero-order valence-electron chi connectivity index (χ0n) is 24.8. The van der Waals surface area contributed by atoms with Crippen LogP contribution in [0.2, 0.25) is 0 Å². The van der Waals surface area contributed by atoms with E-state index in [9.17, 15) is 14.4 Å². The summed E-state index contributed by atoms with van der Waals surface area (Å²) in [6.45, 7) is 26.8. The van der Waals surface area contributed by atoms with Crippen LogP contribution in [0, 0.1) is 0 Å². The Kier molecular flexibility index (Phi) is 25.2. The van der Waals surface area contributed by atoms with Gasteiger partial charge < -0.3 is 19.1 Å². The van der Waals surface area contributed by atoms with Crippen molar-refractivity contribution in [2.75, 3.05) is 26.3 Å². The van der Waals surface area contributed by atoms with Gasteiger partial charge in [0, 0.05) is 49.9 Å². The zero-order valence-corrected chi connectivity index (χ0v) is 24.8. The standard InChI is InChI=1S/C8H11NO.C7H13NO2.C7H13NO.3C2H6/c1-7(2)9-6-4-3-5-8(9)10;1-6(2)8-3-4-10-5-7(8)9;1-6(2)8-5-3-4-7(8)9;3*1-2/h3-7H,1-2H3;6H,3-5H2,1-2H3;6H,3-5H2,1-2H3;3*1-2H3. The van der Waals surface area contributed by atoms with E-state index in [4.69, 9.17) is 4.74 Å². The van der Waals surface area contributed by atoms with Gasteiger partial charge >= 0.3 is 0 Å². The van der Waals surface area contributed by atoms with Crippen LogP contribution < -0.4 is 5.56 Å². The van der Waals surface area contributed by atoms with Crippen molar-refractivity contribution in [2.24, 2.45) is 0 Å². The third-order valence-corrected chi connectivity index (χ3v) is 4.79. The molecule has 1 aromatic heterocycles. The molecule has 2 saturated heterocycles. The fourth-order valence-corrected chi connectivity index (χ4v) is 3.16. The largest absolute Gasteiger partial charge is 0.370 e. The van der Waals surface area contributed by atoms with Gasteiger partial charge in [-0.05, 0) is 54.0 Å². The Morgan fingerprint density at radius 1 is 0.714 bits per heavy atom. The van der Waals surface area contributed by atoms with Gasteiger partial charge in [-0.15, -0.1) is 0 Å². The third kappa shape index (κ3) is 16.2. The number of rotatable bonds is 3. The van der Waals surface area contributed by atoms with E-state index in [0.29, 0.717) is 24.6 Å². The lowest BCUT2D eigenvalue weighted by molar-refractivity contribution is -0.144. The highest BCUT2D eigenvalue weighted by Gasteiger charge is 2.22. The molecule has 0 spiro atoms. The number of hydrogen-bond acceptors (Lipinski definition) is 4. The summed E-state index contributed by atoms with van der Waals surface area (Å²) in [6.07, 6.45) is 3.61. The van der Waals surface area contributed by atoms with Crippen LogP contribution in [0.4, 0.5) is 0 Å². The predicted molar refractivity (Wildman–Crippen MR) is 149 cm³/mol. The summed E-state index contributed by atoms with van der Waals surface area (Å²) >= 11 is 0. The SMILES string of the molecule is CC.CC.CC.CC(C)N1CCCC1=O.CC(C)N1CCOCC1=O.CC(C)n1ccccc1=O. The minimum absolute atomic E-state index is 0.0671. The van der Waals surface area contributed by atoms with Crippen LogP contribution in [-0.2, 0) is 14.3 Å². The highest BCUT2D eigenvalue weighted by Crippen LogP contribution is 2.12. The molecular formula is C28H55N3O4. The van der Waals surface area contributed by atoms with Crippen LogP contribution in [0.1, 0.15) is 102 Å². The molecule has 3 rings (SSSR count). The molecule has 7 heteroatoms. The summed E-state index contributed by atoms with van der Waals surface area (Å²) < 4.78 is 6.67. The minimum atomic E-state index is 0.0671. The third-order valence-electron chi connectivity index (χ3n) is 4.79. The van der Waals surface area contributed by atoms with E-state index in [-0.39, 0.29) is 24.1 Å². The van der Waals surface area contributed by atoms with E-state index in [2.05, 4.69) is 13.8 Å². The van der Waals surface area contributed by atoms with E-state index >= 15 is 0 Å². The second-order valence-corrected chi connectivity index (χ2v) is 8.06. The van der Waals surface area contributed by atoms with Crippen LogP contribution in [0.3, 0.4) is 0 Å². The summed E-state index contributed by atoms with van der Waals surface area (Å²) in [7, 11) is 0. The maximum absolute atomic E-state index is 11.0. The first kappa shape index (κ1) is 37.4. The molecule has 0 radical (unpaired) electrons. The van der Waals surface area contributed by atoms with Crippen molar-refractivity contribution in [1.29, 1.82) is 0 Å². The lowest BCUT2D eigenvalue weighted by atomic mass is 10.3. The second-order valence-electron chi connectivity index (χ2n) is 8.06. The number of hydrogen-bond donors (Lipinski definition) is 0. The molecule has 1 aromatic rings. The fourth-order valence-electron chi connectivity index (χ4n) is 3.16. The van der Waals surface area contributed by atoms with Crippen molar-refractivity contribution in [1.82, 2.24) is 14.4 Å². The molecule has 3 heterocycles. The molecule has 0 bridgehead atoms. The second kappa shape index (κ2) is 23.6. The lowest BCUT2D eigenvalue weighted by Crippen LogP contribution is -2.45. The Hall–Kier alpha value is -2.15. The van der Waals surface area contributed by atoms with Crippen LogP contribution in [0.5, 0.6) is 0 Å². The number of morpholine rings is 1. The summed E-state index contributed by atoms with van der Waals surface area (Å²) in [6, 6.07) is 6.16. The maximum atomic E-state index is 11.0. The van der Waals surface area contributed by atoms with Crippen molar-refractivity contribution in [3.63, 3.8) is 0 Å². The number of ether oxygens (including phenoxy) is 1. The van der Waals surface area contributed by atoms with E-state index in [1.165, 1.54) is 0 Å². The minimum Gasteiger partial charge on any atom is -0.370 e. The van der Waals surface area contributed by atoms with Gasteiger partial charge in [-0.3, -0.25) is 14.4 Å². The molecular weight excluding hydrogens is 442 g/mol. The molecule has 2 aliphatic heterocycles. The number of likely N-dealkylation sites (tertiary alicyclic amines) is 1. The number of pyridine rings is 1. The number of aromatic nitrogens is 1. The molecule has 7 nitrogen and oxygen atoms in total. The number of carbonyl (C=O) groups excluding carboxylic acids is 2. The van der Waals surface area contributed by atoms with E-state index in [0.717, 1.165) is 25.9 Å². The summed E-state index contributed by atoms with van der Waals surface area (Å²) in [5, 5.41) is 0. The highest BCUT2D eigenvalue weighted by molar-refractivity contribution is 5.78. The fraction of sp³-hybridized carbons (Fsp3) is 0.750. The van der Waals surface area contributed by atoms with Crippen molar-refractivity contribution in [2.45, 2.75) is 114 Å². The van der Waals surface area contributed by atoms with Crippen LogP contribution in [0.15, 0.2) is 29.2 Å². The molecule has 2 fully saturated rings. The van der Waals surface area contributed by atoms with Crippen LogP contribution >= 0.6 is 0 Å². The molecule has 0 aromatic carbocycles. The van der Waals surface area contributed by atoms with E-state index < -0.39 is 0 Å². The quantitative estimate of drug-likeness (QED) is 0.531. The average Bonchev–Trinajstić information content (AvgIpc) is 3.30. The molecule has 0 aliphatic carbocycles. The topological polar surface area (TPSA) is 71.8 Å².